The Hall–Kier alpha value is -3.37. The van der Waals surface area contributed by atoms with Gasteiger partial charge in [0.15, 0.2) is 11.5 Å². The highest BCUT2D eigenvalue weighted by Crippen LogP contribution is 2.30. The fourth-order valence-corrected chi connectivity index (χ4v) is 3.09. The average molecular weight is 378 g/mol. The zero-order chi connectivity index (χ0) is 20.1. The second-order valence-electron chi connectivity index (χ2n) is 6.31. The lowest BCUT2D eigenvalue weighted by Gasteiger charge is -2.20. The van der Waals surface area contributed by atoms with E-state index in [1.54, 1.807) is 25.3 Å². The Bertz CT molecular complexity index is 1090. The number of nitrogens with zero attached hydrogens (tertiary/aromatic N) is 3. The molecule has 7 heteroatoms. The van der Waals surface area contributed by atoms with Crippen LogP contribution in [0.2, 0.25) is 0 Å². The maximum Gasteiger partial charge on any atom is 0.258 e. The summed E-state index contributed by atoms with van der Waals surface area (Å²) in [7, 11) is 3.07. The minimum absolute atomic E-state index is 0.227. The Labute approximate surface area is 163 Å². The van der Waals surface area contributed by atoms with Gasteiger partial charge in [0.05, 0.1) is 43.3 Å². The Balaban J connectivity index is 1.92. The van der Waals surface area contributed by atoms with E-state index in [2.05, 4.69) is 20.9 Å². The molecule has 0 saturated carbocycles. The van der Waals surface area contributed by atoms with E-state index in [-0.39, 0.29) is 5.56 Å². The van der Waals surface area contributed by atoms with Crippen molar-refractivity contribution in [3.63, 3.8) is 0 Å². The van der Waals surface area contributed by atoms with Gasteiger partial charge in [-0.2, -0.15) is 5.26 Å². The fourth-order valence-electron chi connectivity index (χ4n) is 3.09. The summed E-state index contributed by atoms with van der Waals surface area (Å²) in [6.45, 7) is 3.82. The van der Waals surface area contributed by atoms with Crippen molar-refractivity contribution in [3.05, 3.63) is 63.7 Å². The number of hydrogen-bond donors (Lipinski definition) is 1. The minimum Gasteiger partial charge on any atom is -0.493 e. The second kappa shape index (κ2) is 8.55. The van der Waals surface area contributed by atoms with Crippen LogP contribution in [-0.4, -0.2) is 35.6 Å². The van der Waals surface area contributed by atoms with Crippen molar-refractivity contribution < 1.29 is 9.47 Å². The Morgan fingerprint density at radius 1 is 1.14 bits per heavy atom. The third-order valence-electron chi connectivity index (χ3n) is 4.61. The maximum atomic E-state index is 12.5. The van der Waals surface area contributed by atoms with Gasteiger partial charge in [0.2, 0.25) is 0 Å². The van der Waals surface area contributed by atoms with Gasteiger partial charge in [-0.25, -0.2) is 4.98 Å². The van der Waals surface area contributed by atoms with Gasteiger partial charge in [-0.15, -0.1) is 0 Å². The first kappa shape index (κ1) is 19.4. The Morgan fingerprint density at radius 3 is 2.54 bits per heavy atom. The molecule has 0 saturated heterocycles. The van der Waals surface area contributed by atoms with E-state index in [0.717, 1.165) is 12.1 Å². The molecule has 144 valence electrons. The molecule has 0 aliphatic rings. The van der Waals surface area contributed by atoms with Crippen molar-refractivity contribution in [2.24, 2.45) is 0 Å². The predicted octanol–water partition coefficient (Wildman–Crippen LogP) is 2.83. The molecule has 1 N–H and O–H groups in total. The van der Waals surface area contributed by atoms with Gasteiger partial charge >= 0.3 is 0 Å². The van der Waals surface area contributed by atoms with Gasteiger partial charge in [0.1, 0.15) is 5.82 Å². The monoisotopic (exact) mass is 378 g/mol. The fraction of sp³-hybridized carbons (Fsp3) is 0.286. The van der Waals surface area contributed by atoms with Gasteiger partial charge in [-0.05, 0) is 24.2 Å². The smallest absolute Gasteiger partial charge is 0.258 e. The molecule has 0 unspecified atom stereocenters. The van der Waals surface area contributed by atoms with E-state index in [1.165, 1.54) is 7.11 Å². The SMILES string of the molecule is CCN(Cc1nc2cc(OC)c(OC)cc2c(=O)[nH]1)Cc1ccccc1C#N. The van der Waals surface area contributed by atoms with E-state index in [1.807, 2.05) is 25.1 Å². The molecule has 0 spiro atoms. The average Bonchev–Trinajstić information content (AvgIpc) is 2.72. The largest absolute Gasteiger partial charge is 0.493 e. The van der Waals surface area contributed by atoms with Crippen LogP contribution in [0.25, 0.3) is 10.9 Å². The molecule has 28 heavy (non-hydrogen) atoms. The van der Waals surface area contributed by atoms with Crippen LogP contribution in [-0.2, 0) is 13.1 Å². The van der Waals surface area contributed by atoms with Crippen molar-refractivity contribution in [2.45, 2.75) is 20.0 Å². The number of methoxy groups -OCH3 is 2. The zero-order valence-electron chi connectivity index (χ0n) is 16.2. The molecule has 0 atom stereocenters. The van der Waals surface area contributed by atoms with Crippen molar-refractivity contribution in [1.29, 1.82) is 5.26 Å². The summed E-state index contributed by atoms with van der Waals surface area (Å²) in [5, 5.41) is 9.73. The van der Waals surface area contributed by atoms with Crippen molar-refractivity contribution in [3.8, 4) is 17.6 Å². The summed E-state index contributed by atoms with van der Waals surface area (Å²) < 4.78 is 10.6. The first-order valence-electron chi connectivity index (χ1n) is 8.94. The molecule has 0 fully saturated rings. The molecule has 3 rings (SSSR count). The van der Waals surface area contributed by atoms with Crippen LogP contribution in [0.3, 0.4) is 0 Å². The number of benzene rings is 2. The Kier molecular flexibility index (Phi) is 5.92. The van der Waals surface area contributed by atoms with Crippen molar-refractivity contribution in [2.75, 3.05) is 20.8 Å². The number of nitrogens with one attached hydrogen (secondary N) is 1. The van der Waals surface area contributed by atoms with E-state index >= 15 is 0 Å². The van der Waals surface area contributed by atoms with Gasteiger partial charge < -0.3 is 14.5 Å². The number of nitriles is 1. The molecule has 0 radical (unpaired) electrons. The number of ether oxygens (including phenoxy) is 2. The lowest BCUT2D eigenvalue weighted by Crippen LogP contribution is -2.25. The number of aromatic nitrogens is 2. The standard InChI is InChI=1S/C21H22N4O3/c1-4-25(12-15-8-6-5-7-14(15)11-22)13-20-23-17-10-19(28-3)18(27-2)9-16(17)21(26)24-20/h5-10H,4,12-13H2,1-3H3,(H,23,24,26). The van der Waals surface area contributed by atoms with E-state index in [0.29, 0.717) is 46.9 Å². The molecular formula is C21H22N4O3. The van der Waals surface area contributed by atoms with Gasteiger partial charge in [0, 0.05) is 12.6 Å². The first-order valence-corrected chi connectivity index (χ1v) is 8.94. The molecule has 0 aliphatic heterocycles. The molecule has 2 aromatic carbocycles. The van der Waals surface area contributed by atoms with Crippen LogP contribution >= 0.6 is 0 Å². The van der Waals surface area contributed by atoms with Crippen molar-refractivity contribution in [1.82, 2.24) is 14.9 Å². The maximum absolute atomic E-state index is 12.5. The molecule has 1 heterocycles. The highest BCUT2D eigenvalue weighted by Gasteiger charge is 2.13. The molecule has 0 bridgehead atoms. The topological polar surface area (TPSA) is 91.2 Å². The highest BCUT2D eigenvalue weighted by atomic mass is 16.5. The van der Waals surface area contributed by atoms with Crippen LogP contribution in [0.5, 0.6) is 11.5 Å². The van der Waals surface area contributed by atoms with Gasteiger partial charge in [-0.3, -0.25) is 9.69 Å². The van der Waals surface area contributed by atoms with Crippen LogP contribution in [0.1, 0.15) is 23.9 Å². The van der Waals surface area contributed by atoms with Gasteiger partial charge in [-0.1, -0.05) is 25.1 Å². The third kappa shape index (κ3) is 3.97. The van der Waals surface area contributed by atoms with E-state index in [4.69, 9.17) is 9.47 Å². The molecule has 0 amide bonds. The van der Waals surface area contributed by atoms with E-state index in [9.17, 15) is 10.1 Å². The first-order chi connectivity index (χ1) is 13.6. The summed E-state index contributed by atoms with van der Waals surface area (Å²) >= 11 is 0. The minimum atomic E-state index is -0.227. The van der Waals surface area contributed by atoms with Crippen LogP contribution < -0.4 is 15.0 Å². The second-order valence-corrected chi connectivity index (χ2v) is 6.31. The molecule has 0 aliphatic carbocycles. The predicted molar refractivity (Wildman–Crippen MR) is 106 cm³/mol. The lowest BCUT2D eigenvalue weighted by atomic mass is 10.1. The van der Waals surface area contributed by atoms with Gasteiger partial charge in [0.25, 0.3) is 5.56 Å². The third-order valence-corrected chi connectivity index (χ3v) is 4.61. The Morgan fingerprint density at radius 2 is 1.86 bits per heavy atom. The van der Waals surface area contributed by atoms with Crippen LogP contribution in [0.15, 0.2) is 41.2 Å². The number of fused-ring (bicyclic) bond motifs is 1. The molecule has 1 aromatic heterocycles. The number of aromatic amines is 1. The number of rotatable bonds is 7. The summed E-state index contributed by atoms with van der Waals surface area (Å²) in [6, 6.07) is 13.1. The molecular weight excluding hydrogens is 356 g/mol. The highest BCUT2D eigenvalue weighted by molar-refractivity contribution is 5.81. The van der Waals surface area contributed by atoms with Crippen LogP contribution in [0.4, 0.5) is 0 Å². The lowest BCUT2D eigenvalue weighted by molar-refractivity contribution is 0.264. The summed E-state index contributed by atoms with van der Waals surface area (Å²) in [4.78, 5) is 22.1. The summed E-state index contributed by atoms with van der Waals surface area (Å²) in [5.41, 5.74) is 1.92. The molecule has 7 nitrogen and oxygen atoms in total. The number of hydrogen-bond acceptors (Lipinski definition) is 6. The van der Waals surface area contributed by atoms with Crippen LogP contribution in [0, 0.1) is 11.3 Å². The summed E-state index contributed by atoms with van der Waals surface area (Å²) in [5.74, 6) is 1.56. The zero-order valence-corrected chi connectivity index (χ0v) is 16.2. The molecule has 3 aromatic rings. The quantitative estimate of drug-likeness (QED) is 0.680. The summed E-state index contributed by atoms with van der Waals surface area (Å²) in [6.07, 6.45) is 0. The van der Waals surface area contributed by atoms with Crippen molar-refractivity contribution >= 4 is 10.9 Å². The van der Waals surface area contributed by atoms with E-state index < -0.39 is 0 Å². The normalized spacial score (nSPS) is 10.8. The number of H-pyrrole nitrogens is 1.